The van der Waals surface area contributed by atoms with Crippen molar-refractivity contribution < 1.29 is 14.7 Å². The molecule has 0 unspecified atom stereocenters. The number of aromatic carboxylic acids is 1. The fourth-order valence-corrected chi connectivity index (χ4v) is 2.10. The summed E-state index contributed by atoms with van der Waals surface area (Å²) in [5, 5.41) is 14.9. The lowest BCUT2D eigenvalue weighted by atomic mass is 9.97. The largest absolute Gasteiger partial charge is 0.478 e. The number of carboxylic acids is 1. The summed E-state index contributed by atoms with van der Waals surface area (Å²) < 4.78 is 0. The van der Waals surface area contributed by atoms with Gasteiger partial charge in [-0.15, -0.1) is 0 Å². The molecule has 0 atom stereocenters. The molecule has 2 rings (SSSR count). The van der Waals surface area contributed by atoms with Crippen LogP contribution in [0.5, 0.6) is 0 Å². The molecule has 1 aliphatic heterocycles. The number of hydrogen-bond acceptors (Lipinski definition) is 3. The van der Waals surface area contributed by atoms with E-state index < -0.39 is 5.97 Å². The Balaban J connectivity index is 2.08. The van der Waals surface area contributed by atoms with Gasteiger partial charge < -0.3 is 15.7 Å². The van der Waals surface area contributed by atoms with Crippen molar-refractivity contribution in [1.29, 1.82) is 0 Å². The first-order valence-electron chi connectivity index (χ1n) is 6.02. The molecule has 1 aromatic carbocycles. The lowest BCUT2D eigenvalue weighted by Gasteiger charge is -2.22. The quantitative estimate of drug-likeness (QED) is 0.754. The third-order valence-electron chi connectivity index (χ3n) is 3.13. The number of piperidine rings is 1. The number of nitrogens with one attached hydrogen (secondary N) is 2. The third-order valence-corrected chi connectivity index (χ3v) is 3.13. The predicted molar refractivity (Wildman–Crippen MR) is 67.6 cm³/mol. The molecule has 0 aromatic heterocycles. The van der Waals surface area contributed by atoms with Crippen molar-refractivity contribution in [2.75, 3.05) is 18.4 Å². The van der Waals surface area contributed by atoms with Crippen LogP contribution in [-0.4, -0.2) is 30.1 Å². The van der Waals surface area contributed by atoms with E-state index in [-0.39, 0.29) is 17.4 Å². The molecule has 1 aliphatic rings. The fraction of sp³-hybridized carbons (Fsp3) is 0.385. The molecule has 0 aliphatic carbocycles. The second kappa shape index (κ2) is 5.64. The molecule has 0 radical (unpaired) electrons. The maximum atomic E-state index is 12.0. The van der Waals surface area contributed by atoms with E-state index in [1.165, 1.54) is 6.07 Å². The van der Waals surface area contributed by atoms with Crippen LogP contribution < -0.4 is 10.6 Å². The molecule has 18 heavy (non-hydrogen) atoms. The van der Waals surface area contributed by atoms with Gasteiger partial charge in [0.25, 0.3) is 0 Å². The number of para-hydroxylation sites is 1. The minimum atomic E-state index is -1.03. The molecule has 96 valence electrons. The lowest BCUT2D eigenvalue weighted by Crippen LogP contribution is -2.34. The molecule has 1 fully saturated rings. The summed E-state index contributed by atoms with van der Waals surface area (Å²) in [4.78, 5) is 23.0. The van der Waals surface area contributed by atoms with Gasteiger partial charge in [0, 0.05) is 5.92 Å². The minimum Gasteiger partial charge on any atom is -0.478 e. The number of carbonyl (C=O) groups is 2. The predicted octanol–water partition coefficient (Wildman–Crippen LogP) is 1.32. The van der Waals surface area contributed by atoms with Gasteiger partial charge in [0.1, 0.15) is 0 Å². The van der Waals surface area contributed by atoms with Gasteiger partial charge in [-0.1, -0.05) is 12.1 Å². The highest BCUT2D eigenvalue weighted by atomic mass is 16.4. The Hall–Kier alpha value is -1.88. The molecule has 5 heteroatoms. The van der Waals surface area contributed by atoms with Gasteiger partial charge in [0.05, 0.1) is 11.3 Å². The molecule has 1 aromatic rings. The van der Waals surface area contributed by atoms with E-state index in [9.17, 15) is 9.59 Å². The van der Waals surface area contributed by atoms with Gasteiger partial charge in [-0.05, 0) is 38.1 Å². The van der Waals surface area contributed by atoms with E-state index in [1.54, 1.807) is 18.2 Å². The Morgan fingerprint density at radius 3 is 2.56 bits per heavy atom. The maximum absolute atomic E-state index is 12.0. The highest BCUT2D eigenvalue weighted by molar-refractivity contribution is 6.01. The fourth-order valence-electron chi connectivity index (χ4n) is 2.10. The van der Waals surface area contributed by atoms with Crippen LogP contribution in [0.3, 0.4) is 0 Å². The number of benzene rings is 1. The first-order chi connectivity index (χ1) is 8.68. The van der Waals surface area contributed by atoms with Crippen molar-refractivity contribution in [3.63, 3.8) is 0 Å². The smallest absolute Gasteiger partial charge is 0.337 e. The van der Waals surface area contributed by atoms with Crippen LogP contribution in [0.2, 0.25) is 0 Å². The molecule has 1 heterocycles. The molecule has 0 saturated carbocycles. The van der Waals surface area contributed by atoms with Crippen molar-refractivity contribution in [2.45, 2.75) is 12.8 Å². The summed E-state index contributed by atoms with van der Waals surface area (Å²) in [6.45, 7) is 1.66. The van der Waals surface area contributed by atoms with Crippen molar-refractivity contribution in [3.05, 3.63) is 29.8 Å². The standard InChI is InChI=1S/C13H16N2O3/c16-12(9-5-7-14-8-6-9)15-11-4-2-1-3-10(11)13(17)18/h1-4,9,14H,5-8H2,(H,15,16)(H,17,18). The van der Waals surface area contributed by atoms with Gasteiger partial charge in [-0.25, -0.2) is 4.79 Å². The monoisotopic (exact) mass is 248 g/mol. The Bertz CT molecular complexity index is 453. The number of rotatable bonds is 3. The molecule has 5 nitrogen and oxygen atoms in total. The third kappa shape index (κ3) is 2.87. The van der Waals surface area contributed by atoms with E-state index in [0.717, 1.165) is 25.9 Å². The van der Waals surface area contributed by atoms with E-state index in [0.29, 0.717) is 5.69 Å². The lowest BCUT2D eigenvalue weighted by molar-refractivity contribution is -0.120. The van der Waals surface area contributed by atoms with Crippen LogP contribution in [0, 0.1) is 5.92 Å². The van der Waals surface area contributed by atoms with Crippen LogP contribution >= 0.6 is 0 Å². The van der Waals surface area contributed by atoms with E-state index in [2.05, 4.69) is 10.6 Å². The molecule has 0 spiro atoms. The molecule has 3 N–H and O–H groups in total. The average Bonchev–Trinajstić information content (AvgIpc) is 2.40. The molecular formula is C13H16N2O3. The van der Waals surface area contributed by atoms with E-state index >= 15 is 0 Å². The van der Waals surface area contributed by atoms with Gasteiger partial charge in [-0.2, -0.15) is 0 Å². The van der Waals surface area contributed by atoms with Gasteiger partial charge >= 0.3 is 5.97 Å². The SMILES string of the molecule is O=C(O)c1ccccc1NC(=O)C1CCNCC1. The van der Waals surface area contributed by atoms with Crippen LogP contribution in [0.15, 0.2) is 24.3 Å². The molecule has 1 saturated heterocycles. The minimum absolute atomic E-state index is 0.0342. The number of anilines is 1. The Morgan fingerprint density at radius 1 is 1.22 bits per heavy atom. The van der Waals surface area contributed by atoms with E-state index in [4.69, 9.17) is 5.11 Å². The summed E-state index contributed by atoms with van der Waals surface area (Å²) >= 11 is 0. The number of hydrogen-bond donors (Lipinski definition) is 3. The van der Waals surface area contributed by atoms with Crippen molar-refractivity contribution in [3.8, 4) is 0 Å². The molecular weight excluding hydrogens is 232 g/mol. The summed E-state index contributed by atoms with van der Waals surface area (Å²) in [6, 6.07) is 6.46. The highest BCUT2D eigenvalue weighted by Crippen LogP contribution is 2.19. The van der Waals surface area contributed by atoms with E-state index in [1.807, 2.05) is 0 Å². The maximum Gasteiger partial charge on any atom is 0.337 e. The molecule has 0 bridgehead atoms. The number of amides is 1. The normalized spacial score (nSPS) is 16.2. The number of carboxylic acid groups (broad SMARTS) is 1. The van der Waals surface area contributed by atoms with Gasteiger partial charge in [-0.3, -0.25) is 4.79 Å². The van der Waals surface area contributed by atoms with Crippen LogP contribution in [0.4, 0.5) is 5.69 Å². The van der Waals surface area contributed by atoms with Crippen molar-refractivity contribution >= 4 is 17.6 Å². The van der Waals surface area contributed by atoms with Crippen molar-refractivity contribution in [2.24, 2.45) is 5.92 Å². The zero-order valence-corrected chi connectivity index (χ0v) is 9.98. The Kier molecular flexibility index (Phi) is 3.94. The summed E-state index contributed by atoms with van der Waals surface area (Å²) in [5.74, 6) is -1.16. The second-order valence-corrected chi connectivity index (χ2v) is 4.36. The molecule has 1 amide bonds. The number of carbonyl (C=O) groups excluding carboxylic acids is 1. The second-order valence-electron chi connectivity index (χ2n) is 4.36. The van der Waals surface area contributed by atoms with Crippen LogP contribution in [-0.2, 0) is 4.79 Å². The summed E-state index contributed by atoms with van der Waals surface area (Å²) in [7, 11) is 0. The topological polar surface area (TPSA) is 78.4 Å². The first kappa shape index (κ1) is 12.6. The van der Waals surface area contributed by atoms with Crippen LogP contribution in [0.25, 0.3) is 0 Å². The van der Waals surface area contributed by atoms with Crippen molar-refractivity contribution in [1.82, 2.24) is 5.32 Å². The summed E-state index contributed by atoms with van der Waals surface area (Å²) in [6.07, 6.45) is 1.59. The highest BCUT2D eigenvalue weighted by Gasteiger charge is 2.22. The Morgan fingerprint density at radius 2 is 1.89 bits per heavy atom. The van der Waals surface area contributed by atoms with Gasteiger partial charge in [0.15, 0.2) is 0 Å². The summed E-state index contributed by atoms with van der Waals surface area (Å²) in [5.41, 5.74) is 0.494. The van der Waals surface area contributed by atoms with Gasteiger partial charge in [0.2, 0.25) is 5.91 Å². The first-order valence-corrected chi connectivity index (χ1v) is 6.02. The zero-order chi connectivity index (χ0) is 13.0. The van der Waals surface area contributed by atoms with Crippen LogP contribution in [0.1, 0.15) is 23.2 Å². The zero-order valence-electron chi connectivity index (χ0n) is 9.98. The average molecular weight is 248 g/mol. The Labute approximate surface area is 105 Å².